The van der Waals surface area contributed by atoms with E-state index in [4.69, 9.17) is 4.74 Å². The molecule has 0 radical (unpaired) electrons. The summed E-state index contributed by atoms with van der Waals surface area (Å²) in [5, 5.41) is 0. The van der Waals surface area contributed by atoms with Gasteiger partial charge in [0.15, 0.2) is 0 Å². The minimum absolute atomic E-state index is 0.00219. The van der Waals surface area contributed by atoms with Crippen molar-refractivity contribution in [3.63, 3.8) is 0 Å². The first-order valence-corrected chi connectivity index (χ1v) is 12.5. The van der Waals surface area contributed by atoms with E-state index in [0.717, 1.165) is 48.1 Å². The Morgan fingerprint density at radius 2 is 1.73 bits per heavy atom. The maximum absolute atomic E-state index is 12.4. The number of hydrogen-bond acceptors (Lipinski definition) is 3. The highest BCUT2D eigenvalue weighted by atomic mass is 79.9. The first kappa shape index (κ1) is 23.0. The van der Waals surface area contributed by atoms with Gasteiger partial charge >= 0.3 is 6.09 Å². The van der Waals surface area contributed by atoms with Gasteiger partial charge in [0.25, 0.3) is 0 Å². The molecular formula is C23H29BrN2O3S. The molecule has 2 aromatic carbocycles. The summed E-state index contributed by atoms with van der Waals surface area (Å²) in [6.07, 6.45) is 2.27. The predicted molar refractivity (Wildman–Crippen MR) is 124 cm³/mol. The van der Waals surface area contributed by atoms with Crippen LogP contribution >= 0.6 is 15.9 Å². The van der Waals surface area contributed by atoms with Crippen LogP contribution in [0.5, 0.6) is 0 Å². The molecular weight excluding hydrogens is 464 g/mol. The van der Waals surface area contributed by atoms with Crippen LogP contribution in [0.1, 0.15) is 37.8 Å². The van der Waals surface area contributed by atoms with Crippen LogP contribution in [-0.2, 0) is 15.7 Å². The molecule has 162 valence electrons. The molecule has 3 atom stereocenters. The molecule has 2 saturated heterocycles. The van der Waals surface area contributed by atoms with Crippen molar-refractivity contribution in [3.8, 4) is 0 Å². The Morgan fingerprint density at radius 1 is 1.10 bits per heavy atom. The maximum atomic E-state index is 12.4. The Morgan fingerprint density at radius 3 is 2.27 bits per heavy atom. The van der Waals surface area contributed by atoms with Crippen LogP contribution in [0.15, 0.2) is 65.1 Å². The molecule has 0 N–H and O–H groups in total. The van der Waals surface area contributed by atoms with Gasteiger partial charge in [-0.1, -0.05) is 64.5 Å². The van der Waals surface area contributed by atoms with Crippen molar-refractivity contribution < 1.29 is 13.7 Å². The Bertz CT molecular complexity index is 792. The van der Waals surface area contributed by atoms with Gasteiger partial charge in [0.2, 0.25) is 0 Å². The van der Waals surface area contributed by atoms with Gasteiger partial charge < -0.3 is 9.64 Å². The molecule has 2 aliphatic heterocycles. The number of cyclic esters (lactones) is 1. The van der Waals surface area contributed by atoms with Crippen molar-refractivity contribution in [2.45, 2.75) is 38.3 Å². The topological polar surface area (TPSA) is 49.9 Å². The Balaban J connectivity index is 0.000000367. The molecule has 0 spiro atoms. The minimum Gasteiger partial charge on any atom is -0.446 e. The standard InChI is InChI=1S/C17H23BrN2O3S.C6H6/c1-13(14-3-5-15(18)6-4-14)20-11-8-16(23-17(20)21)7-10-19-9-2-12-24(19)22;1-2-4-6-5-3-1/h3-6,13,16H,2,7-12H2,1H3;1-6H. The number of amides is 1. The lowest BCUT2D eigenvalue weighted by Gasteiger charge is -2.36. The van der Waals surface area contributed by atoms with Crippen molar-refractivity contribution in [1.82, 2.24) is 9.21 Å². The zero-order valence-electron chi connectivity index (χ0n) is 17.3. The summed E-state index contributed by atoms with van der Waals surface area (Å²) < 4.78 is 20.4. The molecule has 7 heteroatoms. The summed E-state index contributed by atoms with van der Waals surface area (Å²) in [6.45, 7) is 4.36. The minimum atomic E-state index is -0.836. The smallest absolute Gasteiger partial charge is 0.410 e. The molecule has 5 nitrogen and oxygen atoms in total. The Labute approximate surface area is 190 Å². The molecule has 0 bridgehead atoms. The van der Waals surface area contributed by atoms with Gasteiger partial charge in [-0.2, -0.15) is 0 Å². The SMILES string of the molecule is CC(c1ccc(Br)cc1)N1CCC(CCN2CCCS2=O)OC1=O.c1ccccc1. The number of hydrogen-bond donors (Lipinski definition) is 0. The Hall–Kier alpha value is -1.70. The second kappa shape index (κ2) is 11.6. The number of rotatable bonds is 5. The summed E-state index contributed by atoms with van der Waals surface area (Å²) in [5.74, 6) is 0.767. The van der Waals surface area contributed by atoms with E-state index in [1.54, 1.807) is 4.90 Å². The number of benzene rings is 2. The lowest BCUT2D eigenvalue weighted by atomic mass is 10.1. The molecule has 30 heavy (non-hydrogen) atoms. The van der Waals surface area contributed by atoms with Gasteiger partial charge in [-0.3, -0.25) is 0 Å². The highest BCUT2D eigenvalue weighted by molar-refractivity contribution is 9.10. The average molecular weight is 493 g/mol. The van der Waals surface area contributed by atoms with Gasteiger partial charge in [0, 0.05) is 36.3 Å². The lowest BCUT2D eigenvalue weighted by molar-refractivity contribution is 0.00869. The normalized spacial score (nSPS) is 22.7. The summed E-state index contributed by atoms with van der Waals surface area (Å²) in [6, 6.07) is 20.0. The second-order valence-electron chi connectivity index (χ2n) is 7.47. The van der Waals surface area contributed by atoms with E-state index in [0.29, 0.717) is 6.54 Å². The molecule has 1 amide bonds. The fourth-order valence-electron chi connectivity index (χ4n) is 3.60. The third-order valence-corrected chi connectivity index (χ3v) is 7.50. The average Bonchev–Trinajstić information content (AvgIpc) is 3.19. The van der Waals surface area contributed by atoms with Crippen LogP contribution in [0, 0.1) is 0 Å². The van der Waals surface area contributed by atoms with Crippen LogP contribution in [0.25, 0.3) is 0 Å². The van der Waals surface area contributed by atoms with Gasteiger partial charge in [-0.25, -0.2) is 13.3 Å². The summed E-state index contributed by atoms with van der Waals surface area (Å²) in [7, 11) is -0.836. The van der Waals surface area contributed by atoms with Crippen LogP contribution in [-0.4, -0.2) is 51.0 Å². The Kier molecular flexibility index (Phi) is 8.90. The van der Waals surface area contributed by atoms with Crippen LogP contribution in [0.3, 0.4) is 0 Å². The lowest BCUT2D eigenvalue weighted by Crippen LogP contribution is -2.44. The second-order valence-corrected chi connectivity index (χ2v) is 9.95. The molecule has 2 aromatic rings. The molecule has 0 aliphatic carbocycles. The van der Waals surface area contributed by atoms with Crippen molar-refractivity contribution in [1.29, 1.82) is 0 Å². The van der Waals surface area contributed by atoms with E-state index in [9.17, 15) is 9.00 Å². The zero-order valence-corrected chi connectivity index (χ0v) is 19.7. The van der Waals surface area contributed by atoms with Gasteiger partial charge in [-0.05, 0) is 37.5 Å². The van der Waals surface area contributed by atoms with E-state index in [1.807, 2.05) is 71.9 Å². The molecule has 2 heterocycles. The van der Waals surface area contributed by atoms with Gasteiger partial charge in [-0.15, -0.1) is 0 Å². The van der Waals surface area contributed by atoms with Gasteiger partial charge in [0.1, 0.15) is 6.10 Å². The largest absolute Gasteiger partial charge is 0.446 e. The first-order chi connectivity index (χ1) is 14.5. The zero-order chi connectivity index (χ0) is 21.3. The molecule has 4 rings (SSSR count). The van der Waals surface area contributed by atoms with Crippen LogP contribution < -0.4 is 0 Å². The van der Waals surface area contributed by atoms with Crippen LogP contribution in [0.4, 0.5) is 4.79 Å². The van der Waals surface area contributed by atoms with Crippen molar-refractivity contribution in [2.24, 2.45) is 0 Å². The molecule has 2 aliphatic rings. The number of carbonyl (C=O) groups excluding carboxylic acids is 1. The fraction of sp³-hybridized carbons (Fsp3) is 0.435. The quantitative estimate of drug-likeness (QED) is 0.578. The van der Waals surface area contributed by atoms with E-state index >= 15 is 0 Å². The number of ether oxygens (including phenoxy) is 1. The monoisotopic (exact) mass is 492 g/mol. The summed E-state index contributed by atoms with van der Waals surface area (Å²) in [4.78, 5) is 14.2. The van der Waals surface area contributed by atoms with Crippen molar-refractivity contribution in [2.75, 3.05) is 25.4 Å². The van der Waals surface area contributed by atoms with E-state index in [-0.39, 0.29) is 18.2 Å². The first-order valence-electron chi connectivity index (χ1n) is 10.4. The summed E-state index contributed by atoms with van der Waals surface area (Å²) >= 11 is 3.43. The predicted octanol–water partition coefficient (Wildman–Crippen LogP) is 5.17. The molecule has 0 saturated carbocycles. The van der Waals surface area contributed by atoms with E-state index in [1.165, 1.54) is 0 Å². The molecule has 0 aromatic heterocycles. The van der Waals surface area contributed by atoms with Gasteiger partial charge in [0.05, 0.1) is 17.0 Å². The van der Waals surface area contributed by atoms with Crippen molar-refractivity contribution >= 4 is 33.0 Å². The number of carbonyl (C=O) groups is 1. The molecule has 3 unspecified atom stereocenters. The third-order valence-electron chi connectivity index (χ3n) is 5.40. The fourth-order valence-corrected chi connectivity index (χ4v) is 5.14. The van der Waals surface area contributed by atoms with E-state index < -0.39 is 11.0 Å². The third kappa shape index (κ3) is 6.65. The maximum Gasteiger partial charge on any atom is 0.410 e. The van der Waals surface area contributed by atoms with Crippen molar-refractivity contribution in [3.05, 3.63) is 70.7 Å². The number of nitrogens with zero attached hydrogens (tertiary/aromatic N) is 2. The highest BCUT2D eigenvalue weighted by Crippen LogP contribution is 2.27. The van der Waals surface area contributed by atoms with Crippen LogP contribution in [0.2, 0.25) is 0 Å². The molecule has 2 fully saturated rings. The number of halogens is 1. The summed E-state index contributed by atoms with van der Waals surface area (Å²) in [5.41, 5.74) is 1.10. The highest BCUT2D eigenvalue weighted by Gasteiger charge is 2.31. The van der Waals surface area contributed by atoms with E-state index in [2.05, 4.69) is 15.9 Å².